The fraction of sp³-hybridized carbons (Fsp3) is 0.312. The first-order valence-electron chi connectivity index (χ1n) is 6.86. The molecule has 0 bridgehead atoms. The molecule has 0 fully saturated rings. The average Bonchev–Trinajstić information content (AvgIpc) is 2.48. The van der Waals surface area contributed by atoms with Crippen LogP contribution in [-0.4, -0.2) is 31.1 Å². The van der Waals surface area contributed by atoms with Gasteiger partial charge in [0.25, 0.3) is 0 Å². The Hall–Kier alpha value is -1.72. The Kier molecular flexibility index (Phi) is 5.90. The van der Waals surface area contributed by atoms with E-state index in [1.165, 1.54) is 0 Å². The number of anilines is 2. The van der Waals surface area contributed by atoms with Crippen molar-refractivity contribution >= 4 is 39.8 Å². The number of hydrogen-bond acceptors (Lipinski definition) is 4. The smallest absolute Gasteiger partial charge is 0.234 e. The zero-order valence-electron chi connectivity index (χ0n) is 12.1. The number of carbonyl (C=O) groups is 1. The van der Waals surface area contributed by atoms with Crippen molar-refractivity contribution in [3.63, 3.8) is 0 Å². The molecule has 0 aromatic heterocycles. The molecule has 2 aromatic rings. The summed E-state index contributed by atoms with van der Waals surface area (Å²) in [5.41, 5.74) is 7.48. The molecule has 4 nitrogen and oxygen atoms in total. The Balaban J connectivity index is 1.97. The summed E-state index contributed by atoms with van der Waals surface area (Å²) < 4.78 is 4.98. The predicted octanol–water partition coefficient (Wildman–Crippen LogP) is 3.13. The van der Waals surface area contributed by atoms with Gasteiger partial charge in [0.05, 0.1) is 5.75 Å². The first kappa shape index (κ1) is 15.7. The van der Waals surface area contributed by atoms with Crippen LogP contribution in [0.4, 0.5) is 11.4 Å². The van der Waals surface area contributed by atoms with Gasteiger partial charge in [-0.1, -0.05) is 24.3 Å². The molecule has 0 aliphatic carbocycles. The fourth-order valence-electron chi connectivity index (χ4n) is 2.10. The van der Waals surface area contributed by atoms with E-state index in [4.69, 9.17) is 10.5 Å². The molecule has 0 aliphatic rings. The highest BCUT2D eigenvalue weighted by Gasteiger charge is 2.07. The number of nitrogen functional groups attached to an aromatic ring is 1. The van der Waals surface area contributed by atoms with E-state index in [2.05, 4.69) is 5.32 Å². The molecule has 0 aliphatic heterocycles. The monoisotopic (exact) mass is 304 g/mol. The molecule has 0 radical (unpaired) electrons. The van der Waals surface area contributed by atoms with Gasteiger partial charge < -0.3 is 15.8 Å². The second kappa shape index (κ2) is 7.90. The molecule has 0 saturated heterocycles. The highest BCUT2D eigenvalue weighted by Crippen LogP contribution is 2.27. The van der Waals surface area contributed by atoms with Crippen molar-refractivity contribution in [3.8, 4) is 0 Å². The number of methoxy groups -OCH3 is 1. The zero-order chi connectivity index (χ0) is 15.1. The van der Waals surface area contributed by atoms with Crippen molar-refractivity contribution in [2.24, 2.45) is 0 Å². The molecule has 0 spiro atoms. The largest absolute Gasteiger partial charge is 0.398 e. The van der Waals surface area contributed by atoms with E-state index in [1.54, 1.807) is 18.9 Å². The van der Waals surface area contributed by atoms with E-state index < -0.39 is 0 Å². The lowest BCUT2D eigenvalue weighted by atomic mass is 10.1. The van der Waals surface area contributed by atoms with Crippen LogP contribution in [0, 0.1) is 0 Å². The van der Waals surface area contributed by atoms with Crippen LogP contribution in [0.1, 0.15) is 6.42 Å². The second-order valence-corrected chi connectivity index (χ2v) is 5.80. The van der Waals surface area contributed by atoms with E-state index in [9.17, 15) is 4.79 Å². The second-order valence-electron chi connectivity index (χ2n) is 4.70. The summed E-state index contributed by atoms with van der Waals surface area (Å²) in [7, 11) is 1.68. The first-order chi connectivity index (χ1) is 10.2. The molecular weight excluding hydrogens is 284 g/mol. The molecule has 2 aromatic carbocycles. The summed E-state index contributed by atoms with van der Waals surface area (Å²) in [5.74, 6) is 1.37. The maximum absolute atomic E-state index is 12.0. The van der Waals surface area contributed by atoms with Gasteiger partial charge in [0, 0.05) is 35.9 Å². The molecule has 0 saturated carbocycles. The molecule has 1 amide bonds. The number of hydrogen-bond donors (Lipinski definition) is 2. The Morgan fingerprint density at radius 1 is 1.24 bits per heavy atom. The Morgan fingerprint density at radius 3 is 2.81 bits per heavy atom. The van der Waals surface area contributed by atoms with Crippen LogP contribution in [0.3, 0.4) is 0 Å². The number of benzene rings is 2. The normalized spacial score (nSPS) is 10.7. The maximum atomic E-state index is 12.0. The Morgan fingerprint density at radius 2 is 2.00 bits per heavy atom. The molecule has 21 heavy (non-hydrogen) atoms. The van der Waals surface area contributed by atoms with E-state index in [0.29, 0.717) is 5.75 Å². The van der Waals surface area contributed by atoms with Crippen LogP contribution in [0.25, 0.3) is 10.8 Å². The summed E-state index contributed by atoms with van der Waals surface area (Å²) in [6.07, 6.45) is 0.958. The van der Waals surface area contributed by atoms with Gasteiger partial charge in [0.1, 0.15) is 0 Å². The summed E-state index contributed by atoms with van der Waals surface area (Å²) in [5, 5.41) is 4.89. The minimum Gasteiger partial charge on any atom is -0.398 e. The molecular formula is C16H20N2O2S. The predicted molar refractivity (Wildman–Crippen MR) is 90.8 cm³/mol. The van der Waals surface area contributed by atoms with Gasteiger partial charge in [0.15, 0.2) is 0 Å². The van der Waals surface area contributed by atoms with Crippen LogP contribution in [0.5, 0.6) is 0 Å². The lowest BCUT2D eigenvalue weighted by Gasteiger charge is -2.10. The number of nitrogens with two attached hydrogens (primary N) is 1. The van der Waals surface area contributed by atoms with E-state index in [1.807, 2.05) is 36.4 Å². The lowest BCUT2D eigenvalue weighted by Crippen LogP contribution is -2.14. The molecule has 0 heterocycles. The van der Waals surface area contributed by atoms with Crippen molar-refractivity contribution in [1.82, 2.24) is 0 Å². The first-order valence-corrected chi connectivity index (χ1v) is 8.01. The fourth-order valence-corrected chi connectivity index (χ4v) is 2.82. The standard InChI is InChI=1S/C16H20N2O2S/c1-20-9-4-10-21-11-16(19)18-15-8-3-5-12-13(15)6-2-7-14(12)17/h2-3,5-8H,4,9-11,17H2,1H3,(H,18,19). The average molecular weight is 304 g/mol. The Bertz CT molecular complexity index is 616. The molecule has 0 unspecified atom stereocenters. The highest BCUT2D eigenvalue weighted by molar-refractivity contribution is 7.99. The van der Waals surface area contributed by atoms with Crippen molar-refractivity contribution in [2.45, 2.75) is 6.42 Å². The van der Waals surface area contributed by atoms with Crippen molar-refractivity contribution in [1.29, 1.82) is 0 Å². The van der Waals surface area contributed by atoms with Crippen molar-refractivity contribution in [2.75, 3.05) is 36.3 Å². The van der Waals surface area contributed by atoms with Crippen molar-refractivity contribution < 1.29 is 9.53 Å². The quantitative estimate of drug-likeness (QED) is 0.609. The van der Waals surface area contributed by atoms with Gasteiger partial charge in [-0.05, 0) is 24.3 Å². The number of fused-ring (bicyclic) bond motifs is 1. The van der Waals surface area contributed by atoms with Crippen LogP contribution in [0.2, 0.25) is 0 Å². The molecule has 0 atom stereocenters. The maximum Gasteiger partial charge on any atom is 0.234 e. The number of thioether (sulfide) groups is 1. The number of carbonyl (C=O) groups excluding carboxylic acids is 1. The van der Waals surface area contributed by atoms with E-state index >= 15 is 0 Å². The van der Waals surface area contributed by atoms with Gasteiger partial charge in [-0.2, -0.15) is 11.8 Å². The van der Waals surface area contributed by atoms with Gasteiger partial charge in [0.2, 0.25) is 5.91 Å². The summed E-state index contributed by atoms with van der Waals surface area (Å²) in [6, 6.07) is 11.5. The number of amides is 1. The van der Waals surface area contributed by atoms with Crippen molar-refractivity contribution in [3.05, 3.63) is 36.4 Å². The molecule has 112 valence electrons. The number of rotatable bonds is 7. The van der Waals surface area contributed by atoms with Gasteiger partial charge in [-0.25, -0.2) is 0 Å². The third kappa shape index (κ3) is 4.37. The van der Waals surface area contributed by atoms with Gasteiger partial charge in [-0.3, -0.25) is 4.79 Å². The zero-order valence-corrected chi connectivity index (χ0v) is 12.9. The summed E-state index contributed by atoms with van der Waals surface area (Å²) in [4.78, 5) is 12.0. The molecule has 5 heteroatoms. The van der Waals surface area contributed by atoms with Gasteiger partial charge >= 0.3 is 0 Å². The minimum absolute atomic E-state index is 0.00680. The third-order valence-corrected chi connectivity index (χ3v) is 4.14. The van der Waals surface area contributed by atoms with E-state index in [-0.39, 0.29) is 5.91 Å². The SMILES string of the molecule is COCCCSCC(=O)Nc1cccc2c(N)cccc12. The van der Waals surface area contributed by atoms with E-state index in [0.717, 1.165) is 40.9 Å². The summed E-state index contributed by atoms with van der Waals surface area (Å²) >= 11 is 1.61. The summed E-state index contributed by atoms with van der Waals surface area (Å²) in [6.45, 7) is 0.733. The highest BCUT2D eigenvalue weighted by atomic mass is 32.2. The molecule has 3 N–H and O–H groups in total. The van der Waals surface area contributed by atoms with Gasteiger partial charge in [-0.15, -0.1) is 0 Å². The van der Waals surface area contributed by atoms with Crippen LogP contribution in [0.15, 0.2) is 36.4 Å². The number of ether oxygens (including phenoxy) is 1. The van der Waals surface area contributed by atoms with Crippen LogP contribution in [-0.2, 0) is 9.53 Å². The van der Waals surface area contributed by atoms with Crippen LogP contribution >= 0.6 is 11.8 Å². The topological polar surface area (TPSA) is 64.3 Å². The lowest BCUT2D eigenvalue weighted by molar-refractivity contribution is -0.113. The van der Waals surface area contributed by atoms with Crippen LogP contribution < -0.4 is 11.1 Å². The third-order valence-electron chi connectivity index (χ3n) is 3.10. The molecule has 2 rings (SSSR count). The minimum atomic E-state index is 0.00680. The number of nitrogens with one attached hydrogen (secondary N) is 1. The Labute approximate surface area is 129 Å².